The van der Waals surface area contributed by atoms with Gasteiger partial charge >= 0.3 is 5.97 Å². The van der Waals surface area contributed by atoms with Gasteiger partial charge in [0.25, 0.3) is 0 Å². The molecule has 2 atom stereocenters. The molecule has 0 amide bonds. The highest BCUT2D eigenvalue weighted by Gasteiger charge is 2.42. The third-order valence-corrected chi connectivity index (χ3v) is 9.72. The van der Waals surface area contributed by atoms with E-state index in [1.54, 1.807) is 31.2 Å². The zero-order valence-electron chi connectivity index (χ0n) is 22.8. The first kappa shape index (κ1) is 28.0. The number of aromatic nitrogens is 2. The zero-order valence-corrected chi connectivity index (χ0v) is 25.1. The fraction of sp³-hybridized carbons (Fsp3) is 0.433. The predicted octanol–water partition coefficient (Wildman–Crippen LogP) is 7.40. The minimum absolute atomic E-state index is 0.0125. The third-order valence-electron chi connectivity index (χ3n) is 8.08. The number of anilines is 1. The van der Waals surface area contributed by atoms with Gasteiger partial charge in [0.15, 0.2) is 10.9 Å². The average Bonchev–Trinajstić information content (AvgIpc) is 3.57. The van der Waals surface area contributed by atoms with Crippen molar-refractivity contribution in [1.29, 1.82) is 0 Å². The lowest BCUT2D eigenvalue weighted by molar-refractivity contribution is -0.0394. The van der Waals surface area contributed by atoms with E-state index in [-0.39, 0.29) is 35.9 Å². The Balaban J connectivity index is 1.11. The second-order valence-corrected chi connectivity index (χ2v) is 12.7. The molecular formula is C30H28Cl2FN3O5S. The molecule has 2 aromatic heterocycles. The maximum atomic E-state index is 15.0. The van der Waals surface area contributed by atoms with Crippen LogP contribution in [-0.2, 0) is 20.8 Å². The molecule has 2 aliphatic heterocycles. The Morgan fingerprint density at radius 3 is 2.60 bits per heavy atom. The first-order valence-corrected chi connectivity index (χ1v) is 15.7. The van der Waals surface area contributed by atoms with Crippen LogP contribution in [0.1, 0.15) is 60.2 Å². The number of carbonyl (C=O) groups excluding carboxylic acids is 1. The Morgan fingerprint density at radius 2 is 1.90 bits per heavy atom. The zero-order chi connectivity index (χ0) is 29.0. The van der Waals surface area contributed by atoms with Gasteiger partial charge in [0, 0.05) is 17.0 Å². The number of hydrogen-bond donors (Lipinski definition) is 0. The molecule has 220 valence electrons. The van der Waals surface area contributed by atoms with Crippen LogP contribution >= 0.6 is 34.5 Å². The Morgan fingerprint density at radius 1 is 1.17 bits per heavy atom. The SMILES string of the molecule is CCOC(=O)c1cc(F)c2nc(N3C4COCC3CC(OCc3c(-c5c(Cl)cccc5Cl)noc3C3CC3)C4)sc2c1. The summed E-state index contributed by atoms with van der Waals surface area (Å²) in [6.07, 6.45) is 3.52. The second-order valence-electron chi connectivity index (χ2n) is 10.9. The van der Waals surface area contributed by atoms with Crippen LogP contribution < -0.4 is 4.90 Å². The van der Waals surface area contributed by atoms with Gasteiger partial charge in [-0.1, -0.05) is 45.8 Å². The molecule has 8 nitrogen and oxygen atoms in total. The monoisotopic (exact) mass is 631 g/mol. The molecule has 3 fully saturated rings. The van der Waals surface area contributed by atoms with E-state index < -0.39 is 11.8 Å². The third kappa shape index (κ3) is 5.17. The molecule has 3 aliphatic rings. The van der Waals surface area contributed by atoms with E-state index in [1.165, 1.54) is 17.4 Å². The summed E-state index contributed by atoms with van der Waals surface area (Å²) in [6.45, 7) is 3.31. The molecule has 7 rings (SSSR count). The van der Waals surface area contributed by atoms with Gasteiger partial charge in [-0.2, -0.15) is 0 Å². The number of rotatable bonds is 8. The van der Waals surface area contributed by atoms with E-state index in [0.717, 1.165) is 37.0 Å². The molecular weight excluding hydrogens is 604 g/mol. The van der Waals surface area contributed by atoms with Crippen LogP contribution in [0.15, 0.2) is 34.9 Å². The minimum Gasteiger partial charge on any atom is -0.462 e. The van der Waals surface area contributed by atoms with Gasteiger partial charge in [-0.25, -0.2) is 14.2 Å². The Kier molecular flexibility index (Phi) is 7.60. The van der Waals surface area contributed by atoms with Crippen molar-refractivity contribution in [2.24, 2.45) is 0 Å². The topological polar surface area (TPSA) is 86.9 Å². The van der Waals surface area contributed by atoms with Crippen LogP contribution in [0.4, 0.5) is 9.52 Å². The molecule has 1 aliphatic carbocycles. The molecule has 2 aromatic carbocycles. The first-order chi connectivity index (χ1) is 20.4. The number of thiazole rings is 1. The number of benzene rings is 2. The number of hydrogen-bond acceptors (Lipinski definition) is 9. The van der Waals surface area contributed by atoms with Crippen molar-refractivity contribution in [3.05, 3.63) is 63.1 Å². The fourth-order valence-electron chi connectivity index (χ4n) is 5.98. The van der Waals surface area contributed by atoms with Crippen LogP contribution in [0.5, 0.6) is 0 Å². The lowest BCUT2D eigenvalue weighted by Crippen LogP contribution is -2.58. The van der Waals surface area contributed by atoms with Crippen LogP contribution in [-0.4, -0.2) is 54.1 Å². The van der Waals surface area contributed by atoms with E-state index in [2.05, 4.69) is 15.0 Å². The highest BCUT2D eigenvalue weighted by atomic mass is 35.5. The van der Waals surface area contributed by atoms with Crippen molar-refractivity contribution in [2.75, 3.05) is 24.7 Å². The van der Waals surface area contributed by atoms with Gasteiger partial charge in [0.1, 0.15) is 17.0 Å². The maximum Gasteiger partial charge on any atom is 0.338 e. The molecule has 0 N–H and O–H groups in total. The lowest BCUT2D eigenvalue weighted by Gasteiger charge is -2.48. The number of morpholine rings is 1. The van der Waals surface area contributed by atoms with Gasteiger partial charge in [-0.3, -0.25) is 0 Å². The molecule has 12 heteroatoms. The summed E-state index contributed by atoms with van der Waals surface area (Å²) in [5.74, 6) is 0.103. The van der Waals surface area contributed by atoms with Crippen LogP contribution in [0, 0.1) is 5.82 Å². The average molecular weight is 633 g/mol. The van der Waals surface area contributed by atoms with Gasteiger partial charge in [0.2, 0.25) is 0 Å². The number of nitrogens with zero attached hydrogens (tertiary/aromatic N) is 3. The van der Waals surface area contributed by atoms with Gasteiger partial charge in [0.05, 0.1) is 64.9 Å². The maximum absolute atomic E-state index is 15.0. The number of carbonyl (C=O) groups is 1. The van der Waals surface area contributed by atoms with Gasteiger partial charge in [-0.15, -0.1) is 0 Å². The lowest BCUT2D eigenvalue weighted by atomic mass is 9.92. The van der Waals surface area contributed by atoms with Crippen molar-refractivity contribution in [1.82, 2.24) is 10.1 Å². The van der Waals surface area contributed by atoms with E-state index >= 15 is 0 Å². The Bertz CT molecular complexity index is 1620. The highest BCUT2D eigenvalue weighted by molar-refractivity contribution is 7.22. The summed E-state index contributed by atoms with van der Waals surface area (Å²) < 4.78 is 38.9. The van der Waals surface area contributed by atoms with E-state index in [4.69, 9.17) is 41.9 Å². The molecule has 42 heavy (non-hydrogen) atoms. The van der Waals surface area contributed by atoms with Crippen molar-refractivity contribution < 1.29 is 27.9 Å². The number of fused-ring (bicyclic) bond motifs is 3. The second kappa shape index (κ2) is 11.4. The summed E-state index contributed by atoms with van der Waals surface area (Å²) in [7, 11) is 0. The van der Waals surface area contributed by atoms with Crippen molar-refractivity contribution in [3.63, 3.8) is 0 Å². The van der Waals surface area contributed by atoms with E-state index in [1.807, 2.05) is 0 Å². The first-order valence-electron chi connectivity index (χ1n) is 14.1. The number of ether oxygens (including phenoxy) is 3. The molecule has 1 saturated carbocycles. The summed E-state index contributed by atoms with van der Waals surface area (Å²) in [4.78, 5) is 19.1. The summed E-state index contributed by atoms with van der Waals surface area (Å²) >= 11 is 14.4. The molecule has 0 radical (unpaired) electrons. The summed E-state index contributed by atoms with van der Waals surface area (Å²) in [6, 6.07) is 8.26. The number of esters is 1. The molecule has 2 unspecified atom stereocenters. The Labute approximate surface area is 255 Å². The summed E-state index contributed by atoms with van der Waals surface area (Å²) in [5, 5.41) is 6.12. The highest BCUT2D eigenvalue weighted by Crippen LogP contribution is 2.46. The van der Waals surface area contributed by atoms with Crippen molar-refractivity contribution in [2.45, 2.75) is 63.3 Å². The molecule has 2 bridgehead atoms. The van der Waals surface area contributed by atoms with E-state index in [9.17, 15) is 9.18 Å². The number of piperidine rings is 1. The summed E-state index contributed by atoms with van der Waals surface area (Å²) in [5.41, 5.74) is 2.63. The fourth-order valence-corrected chi connectivity index (χ4v) is 7.72. The predicted molar refractivity (Wildman–Crippen MR) is 158 cm³/mol. The number of halogens is 3. The minimum atomic E-state index is -0.547. The smallest absolute Gasteiger partial charge is 0.338 e. The van der Waals surface area contributed by atoms with Crippen LogP contribution in [0.25, 0.3) is 21.5 Å². The van der Waals surface area contributed by atoms with Crippen molar-refractivity contribution >= 4 is 55.9 Å². The van der Waals surface area contributed by atoms with Crippen molar-refractivity contribution in [3.8, 4) is 11.3 Å². The van der Waals surface area contributed by atoms with Gasteiger partial charge in [-0.05, 0) is 56.9 Å². The van der Waals surface area contributed by atoms with Crippen LogP contribution in [0.2, 0.25) is 10.0 Å². The molecule has 0 spiro atoms. The molecule has 4 heterocycles. The standard InChI is InChI=1S/C30H28Cl2FN3O5S/c1-2-39-29(37)16-8-23(33)27-24(9-16)42-30(34-27)36-17-10-19(11-18(36)13-38-12-17)40-14-20-26(35-41-28(20)15-6-7-15)25-21(31)4-3-5-22(25)32/h3-5,8-9,15,17-19H,2,6-7,10-14H2,1H3. The van der Waals surface area contributed by atoms with Crippen LogP contribution in [0.3, 0.4) is 0 Å². The molecule has 2 saturated heterocycles. The Hall–Kier alpha value is -2.76. The normalized spacial score (nSPS) is 22.1. The largest absolute Gasteiger partial charge is 0.462 e. The van der Waals surface area contributed by atoms with Gasteiger partial charge < -0.3 is 23.6 Å². The quantitative estimate of drug-likeness (QED) is 0.186. The van der Waals surface area contributed by atoms with E-state index in [0.29, 0.717) is 56.9 Å². The molecule has 4 aromatic rings.